The van der Waals surface area contributed by atoms with Gasteiger partial charge in [0.2, 0.25) is 0 Å². The van der Waals surface area contributed by atoms with E-state index in [0.717, 1.165) is 12.5 Å². The first-order valence-electron chi connectivity index (χ1n) is 19.6. The smallest absolute Gasteiger partial charge is 0.312 e. The molecular weight excluding hydrogens is 792 g/mol. The largest absolute Gasteiger partial charge is 0.507 e. The summed E-state index contributed by atoms with van der Waals surface area (Å²) in [6.07, 6.45) is 6.93. The van der Waals surface area contributed by atoms with E-state index in [0.29, 0.717) is 0 Å². The molecule has 2 aromatic carbocycles. The van der Waals surface area contributed by atoms with Crippen LogP contribution in [0.5, 0.6) is 23.0 Å². The predicted molar refractivity (Wildman–Crippen MR) is 223 cm³/mol. The molecule has 1 aromatic heterocycles. The number of carbonyl (C=O) groups excluding carboxylic acids is 4. The number of hydrogen-bond donors (Lipinski definition) is 7. The average Bonchev–Trinajstić information content (AvgIpc) is 3.50. The Labute approximate surface area is 352 Å². The minimum absolute atomic E-state index is 0.0115. The molecule has 5 bridgehead atoms. The maximum Gasteiger partial charge on any atom is 0.312 e. The molecule has 326 valence electrons. The van der Waals surface area contributed by atoms with Crippen molar-refractivity contribution in [3.05, 3.63) is 82.9 Å². The SMILES string of the molecule is COC1/C=C/OC2(C)Oc3c(C)c(O)c4c(O)c(c(/C=N\NC(=O)c5ccncc5)c(O)c4c3C2=O)NC(=O)C(C)=C/C=C/C(C)C(O)C(C)C(O)C(C)C(OC(C)=O)C1C. The number of ketones is 1. The molecule has 3 aromatic rings. The zero-order valence-electron chi connectivity index (χ0n) is 35.3. The Morgan fingerprint density at radius 2 is 1.62 bits per heavy atom. The fourth-order valence-corrected chi connectivity index (χ4v) is 7.60. The van der Waals surface area contributed by atoms with Gasteiger partial charge < -0.3 is 49.8 Å². The number of hydrogen-bond acceptors (Lipinski definition) is 15. The predicted octanol–water partition coefficient (Wildman–Crippen LogP) is 4.91. The van der Waals surface area contributed by atoms with Gasteiger partial charge in [0.15, 0.2) is 5.75 Å². The van der Waals surface area contributed by atoms with Gasteiger partial charge in [0.1, 0.15) is 23.4 Å². The van der Waals surface area contributed by atoms with Crippen LogP contribution in [-0.4, -0.2) is 97.6 Å². The van der Waals surface area contributed by atoms with Crippen LogP contribution >= 0.6 is 0 Å². The molecule has 17 nitrogen and oxygen atoms in total. The van der Waals surface area contributed by atoms with Crippen molar-refractivity contribution in [1.82, 2.24) is 10.4 Å². The van der Waals surface area contributed by atoms with Gasteiger partial charge in [0.25, 0.3) is 17.6 Å². The van der Waals surface area contributed by atoms with Gasteiger partial charge in [-0.2, -0.15) is 5.10 Å². The third kappa shape index (κ3) is 9.08. The number of aromatic hydroxyl groups is 3. The number of methoxy groups -OCH3 is 1. The fraction of sp³-hybridized carbons (Fsp3) is 0.409. The highest BCUT2D eigenvalue weighted by atomic mass is 16.7. The number of pyridine rings is 1. The summed E-state index contributed by atoms with van der Waals surface area (Å²) < 4.78 is 23.5. The van der Waals surface area contributed by atoms with Crippen LogP contribution in [0.1, 0.15) is 80.3 Å². The van der Waals surface area contributed by atoms with E-state index < -0.39 is 106 Å². The number of nitrogens with zero attached hydrogens (tertiary/aromatic N) is 2. The number of fused-ring (bicyclic) bond motifs is 14. The number of aromatic nitrogens is 1. The van der Waals surface area contributed by atoms with Gasteiger partial charge in [-0.1, -0.05) is 45.9 Å². The first-order valence-corrected chi connectivity index (χ1v) is 19.6. The van der Waals surface area contributed by atoms with E-state index in [1.165, 1.54) is 77.6 Å². The number of phenols is 3. The Morgan fingerprint density at radius 3 is 2.26 bits per heavy atom. The molecule has 0 spiro atoms. The molecule has 0 fully saturated rings. The van der Waals surface area contributed by atoms with Crippen molar-refractivity contribution in [2.75, 3.05) is 12.4 Å². The topological polar surface area (TPSA) is 256 Å². The number of benzene rings is 2. The second kappa shape index (κ2) is 18.5. The van der Waals surface area contributed by atoms with Crippen LogP contribution in [0.3, 0.4) is 0 Å². The summed E-state index contributed by atoms with van der Waals surface area (Å²) in [5.41, 5.74) is 1.50. The molecular formula is C44H52N4O13. The number of allylic oxidation sites excluding steroid dienone is 2. The first kappa shape index (κ1) is 45.8. The van der Waals surface area contributed by atoms with Gasteiger partial charge in [-0.05, 0) is 32.1 Å². The molecule has 3 aliphatic heterocycles. The number of ether oxygens (including phenoxy) is 4. The Kier molecular flexibility index (Phi) is 13.9. The van der Waals surface area contributed by atoms with Crippen molar-refractivity contribution in [1.29, 1.82) is 0 Å². The summed E-state index contributed by atoms with van der Waals surface area (Å²) in [5.74, 6) is -9.87. The van der Waals surface area contributed by atoms with E-state index in [-0.39, 0.29) is 39.0 Å². The number of anilines is 1. The molecule has 9 atom stereocenters. The Morgan fingerprint density at radius 1 is 0.951 bits per heavy atom. The lowest BCUT2D eigenvalue weighted by atomic mass is 9.78. The number of nitrogens with one attached hydrogen (secondary N) is 2. The number of phenolic OH excluding ortho intramolecular Hbond substituents is 3. The van der Waals surface area contributed by atoms with Crippen molar-refractivity contribution in [3.8, 4) is 23.0 Å². The highest BCUT2D eigenvalue weighted by molar-refractivity contribution is 6.24. The molecule has 3 aliphatic rings. The maximum absolute atomic E-state index is 14.4. The monoisotopic (exact) mass is 844 g/mol. The second-order valence-corrected chi connectivity index (χ2v) is 15.6. The van der Waals surface area contributed by atoms with E-state index in [4.69, 9.17) is 18.9 Å². The normalized spacial score (nSPS) is 28.5. The lowest BCUT2D eigenvalue weighted by Gasteiger charge is -2.38. The lowest BCUT2D eigenvalue weighted by Crippen LogP contribution is -2.46. The summed E-state index contributed by atoms with van der Waals surface area (Å²) in [5, 5.41) is 63.9. The molecule has 0 radical (unpaired) electrons. The Bertz CT molecular complexity index is 2320. The summed E-state index contributed by atoms with van der Waals surface area (Å²) in [6.45, 7) is 12.2. The summed E-state index contributed by atoms with van der Waals surface area (Å²) >= 11 is 0. The van der Waals surface area contributed by atoms with Crippen molar-refractivity contribution < 1.29 is 63.7 Å². The zero-order chi connectivity index (χ0) is 45.1. The molecule has 0 saturated carbocycles. The van der Waals surface area contributed by atoms with E-state index in [2.05, 4.69) is 20.8 Å². The molecule has 0 saturated heterocycles. The van der Waals surface area contributed by atoms with E-state index in [9.17, 15) is 44.7 Å². The number of hydrazone groups is 1. The minimum atomic E-state index is -2.11. The summed E-state index contributed by atoms with van der Waals surface area (Å²) in [6, 6.07) is 2.87. The average molecular weight is 845 g/mol. The van der Waals surface area contributed by atoms with E-state index in [1.807, 2.05) is 0 Å². The molecule has 6 rings (SSSR count). The van der Waals surface area contributed by atoms with Gasteiger partial charge in [0.05, 0.1) is 53.0 Å². The molecule has 61 heavy (non-hydrogen) atoms. The van der Waals surface area contributed by atoms with Gasteiger partial charge in [-0.15, -0.1) is 0 Å². The van der Waals surface area contributed by atoms with Crippen LogP contribution in [0, 0.1) is 30.6 Å². The van der Waals surface area contributed by atoms with Crippen molar-refractivity contribution in [2.24, 2.45) is 28.8 Å². The molecule has 4 heterocycles. The van der Waals surface area contributed by atoms with Crippen molar-refractivity contribution in [3.63, 3.8) is 0 Å². The van der Waals surface area contributed by atoms with Crippen LogP contribution in [-0.2, 0) is 23.8 Å². The van der Waals surface area contributed by atoms with E-state index in [1.54, 1.807) is 33.8 Å². The number of aliphatic hydroxyl groups excluding tert-OH is 2. The van der Waals surface area contributed by atoms with Crippen LogP contribution in [0.4, 0.5) is 5.69 Å². The summed E-state index contributed by atoms with van der Waals surface area (Å²) in [4.78, 5) is 57.1. The zero-order valence-corrected chi connectivity index (χ0v) is 35.3. The number of esters is 1. The molecule has 2 amide bonds. The number of rotatable bonds is 5. The van der Waals surface area contributed by atoms with E-state index >= 15 is 0 Å². The molecule has 7 N–H and O–H groups in total. The Balaban J connectivity index is 1.70. The van der Waals surface area contributed by atoms with Crippen LogP contribution in [0.25, 0.3) is 10.8 Å². The van der Waals surface area contributed by atoms with Crippen LogP contribution in [0.15, 0.2) is 65.8 Å². The number of amides is 2. The number of carbonyl (C=O) groups is 4. The first-order chi connectivity index (χ1) is 28.7. The highest BCUT2D eigenvalue weighted by Crippen LogP contribution is 2.55. The second-order valence-electron chi connectivity index (χ2n) is 15.6. The number of Topliss-reactive ketones (excluding diaryl/α,β-unsaturated/α-hetero) is 1. The fourth-order valence-electron chi connectivity index (χ4n) is 7.60. The molecule has 9 unspecified atom stereocenters. The van der Waals surface area contributed by atoms with Gasteiger partial charge >= 0.3 is 11.8 Å². The minimum Gasteiger partial charge on any atom is -0.507 e. The van der Waals surface area contributed by atoms with Crippen molar-refractivity contribution >= 4 is 46.2 Å². The third-order valence-corrected chi connectivity index (χ3v) is 11.3. The third-order valence-electron chi connectivity index (χ3n) is 11.3. The maximum atomic E-state index is 14.4. The quantitative estimate of drug-likeness (QED) is 0.0592. The highest BCUT2D eigenvalue weighted by Gasteiger charge is 2.50. The number of aliphatic hydroxyl groups is 2. The van der Waals surface area contributed by atoms with Crippen molar-refractivity contribution in [2.45, 2.75) is 85.6 Å². The van der Waals surface area contributed by atoms with Gasteiger partial charge in [0, 0.05) is 79.1 Å². The molecule has 17 heteroatoms. The lowest BCUT2D eigenvalue weighted by molar-refractivity contribution is -0.160. The van der Waals surface area contributed by atoms with Gasteiger partial charge in [-0.3, -0.25) is 24.2 Å². The van der Waals surface area contributed by atoms with Gasteiger partial charge in [-0.25, -0.2) is 5.43 Å². The summed E-state index contributed by atoms with van der Waals surface area (Å²) in [7, 11) is 1.41. The molecule has 0 aliphatic carbocycles. The van der Waals surface area contributed by atoms with Crippen LogP contribution < -0.4 is 15.5 Å². The van der Waals surface area contributed by atoms with Crippen LogP contribution in [0.2, 0.25) is 0 Å². The standard InChI is InChI=1S/C44H52N4O13/c1-20-11-10-12-21(2)42(56)47-33-28(19-46-48-43(57)27-13-16-45-17-14-27)37(53)30-31(38(33)54)36(52)25(6)40-32(30)41(55)44(8,61-40)59-18-15-29(58-9)22(3)39(60-26(7)49)24(5)35(51)23(4)34(20)50/h10-20,22-24,29,34-35,39,50-54H,1-9H3,(H,47,56)(H,48,57)/b11-10+,18-15+,21-12?,46-19-. The Hall–Kier alpha value is -6.30.